The highest BCUT2D eigenvalue weighted by Gasteiger charge is 2.10. The van der Waals surface area contributed by atoms with Gasteiger partial charge in [0.2, 0.25) is 0 Å². The maximum Gasteiger partial charge on any atom is 0.387 e. The molecule has 0 saturated heterocycles. The summed E-state index contributed by atoms with van der Waals surface area (Å²) in [6.45, 7) is -2.84. The van der Waals surface area contributed by atoms with Crippen molar-refractivity contribution in [1.82, 2.24) is 9.55 Å². The number of nitrogens with zero attached hydrogens (tertiary/aromatic N) is 2. The van der Waals surface area contributed by atoms with Crippen molar-refractivity contribution < 1.29 is 23.4 Å². The van der Waals surface area contributed by atoms with E-state index in [0.717, 1.165) is 5.69 Å². The van der Waals surface area contributed by atoms with Gasteiger partial charge in [0.1, 0.15) is 24.2 Å². The van der Waals surface area contributed by atoms with Crippen molar-refractivity contribution in [3.63, 3.8) is 0 Å². The molecule has 130 valence electrons. The van der Waals surface area contributed by atoms with Crippen molar-refractivity contribution in [2.45, 2.75) is 12.7 Å². The number of aliphatic hydroxyl groups is 1. The van der Waals surface area contributed by atoms with Gasteiger partial charge in [0.25, 0.3) is 0 Å². The number of imidazole rings is 1. The molecule has 3 aromatic rings. The lowest BCUT2D eigenvalue weighted by atomic mass is 10.1. The number of ether oxygens (including phenoxy) is 2. The maximum atomic E-state index is 12.1. The van der Waals surface area contributed by atoms with Crippen LogP contribution < -0.4 is 9.47 Å². The van der Waals surface area contributed by atoms with E-state index in [0.29, 0.717) is 11.3 Å². The van der Waals surface area contributed by atoms with Crippen LogP contribution in [-0.4, -0.2) is 27.9 Å². The predicted octanol–water partition coefficient (Wildman–Crippen LogP) is 3.59. The highest BCUT2D eigenvalue weighted by atomic mass is 19.3. The van der Waals surface area contributed by atoms with Crippen LogP contribution in [0, 0.1) is 0 Å². The zero-order valence-corrected chi connectivity index (χ0v) is 13.1. The molecule has 0 spiro atoms. The van der Waals surface area contributed by atoms with Crippen LogP contribution >= 0.6 is 0 Å². The SMILES string of the molecule is OC(COc1cccc(-n2ccnc2)c1)c1ccc(OC(F)F)cc1. The van der Waals surface area contributed by atoms with Crippen molar-refractivity contribution in [2.75, 3.05) is 6.61 Å². The molecular formula is C18H16F2N2O3. The van der Waals surface area contributed by atoms with Crippen LogP contribution in [0.1, 0.15) is 11.7 Å². The second-order valence-corrected chi connectivity index (χ2v) is 5.24. The summed E-state index contributed by atoms with van der Waals surface area (Å²) in [5.41, 5.74) is 1.44. The zero-order valence-electron chi connectivity index (χ0n) is 13.1. The molecule has 1 unspecified atom stereocenters. The molecule has 0 aliphatic heterocycles. The van der Waals surface area contributed by atoms with Gasteiger partial charge in [-0.1, -0.05) is 18.2 Å². The number of aliphatic hydroxyl groups excluding tert-OH is 1. The molecule has 1 N–H and O–H groups in total. The van der Waals surface area contributed by atoms with Crippen LogP contribution in [-0.2, 0) is 0 Å². The predicted molar refractivity (Wildman–Crippen MR) is 87.1 cm³/mol. The number of alkyl halides is 2. The summed E-state index contributed by atoms with van der Waals surface area (Å²) < 4.78 is 36.0. The average molecular weight is 346 g/mol. The average Bonchev–Trinajstić information content (AvgIpc) is 3.15. The Kier molecular flexibility index (Phi) is 5.25. The molecular weight excluding hydrogens is 330 g/mol. The maximum absolute atomic E-state index is 12.1. The third kappa shape index (κ3) is 4.54. The molecule has 0 fully saturated rings. The van der Waals surface area contributed by atoms with E-state index in [2.05, 4.69) is 9.72 Å². The first-order chi connectivity index (χ1) is 12.1. The van der Waals surface area contributed by atoms with Crippen molar-refractivity contribution >= 4 is 0 Å². The second kappa shape index (κ2) is 7.76. The summed E-state index contributed by atoms with van der Waals surface area (Å²) in [7, 11) is 0. The Morgan fingerprint density at radius 1 is 1.08 bits per heavy atom. The number of benzene rings is 2. The lowest BCUT2D eigenvalue weighted by molar-refractivity contribution is -0.0498. The number of rotatable bonds is 7. The fourth-order valence-corrected chi connectivity index (χ4v) is 2.29. The second-order valence-electron chi connectivity index (χ2n) is 5.24. The largest absolute Gasteiger partial charge is 0.490 e. The van der Waals surface area contributed by atoms with Crippen LogP contribution in [0.15, 0.2) is 67.3 Å². The topological polar surface area (TPSA) is 56.5 Å². The van der Waals surface area contributed by atoms with Crippen molar-refractivity contribution in [3.8, 4) is 17.2 Å². The van der Waals surface area contributed by atoms with E-state index in [1.165, 1.54) is 24.3 Å². The molecule has 1 aromatic heterocycles. The molecule has 2 aromatic carbocycles. The Bertz CT molecular complexity index is 792. The standard InChI is InChI=1S/C18H16F2N2O3/c19-18(20)25-15-6-4-13(5-7-15)17(23)11-24-16-3-1-2-14(10-16)22-9-8-21-12-22/h1-10,12,17-18,23H,11H2. The molecule has 0 saturated carbocycles. The van der Waals surface area contributed by atoms with Gasteiger partial charge in [-0.3, -0.25) is 0 Å². The van der Waals surface area contributed by atoms with E-state index in [1.54, 1.807) is 18.6 Å². The fraction of sp³-hybridized carbons (Fsp3) is 0.167. The summed E-state index contributed by atoms with van der Waals surface area (Å²) in [6, 6.07) is 13.2. The summed E-state index contributed by atoms with van der Waals surface area (Å²) in [6.07, 6.45) is 4.28. The van der Waals surface area contributed by atoms with Gasteiger partial charge in [-0.15, -0.1) is 0 Å². The Hall–Kier alpha value is -2.93. The minimum absolute atomic E-state index is 0.0302. The summed E-state index contributed by atoms with van der Waals surface area (Å²) in [4.78, 5) is 3.99. The summed E-state index contributed by atoms with van der Waals surface area (Å²) >= 11 is 0. The minimum Gasteiger partial charge on any atom is -0.490 e. The van der Waals surface area contributed by atoms with Crippen molar-refractivity contribution in [2.24, 2.45) is 0 Å². The first-order valence-corrected chi connectivity index (χ1v) is 7.56. The number of aromatic nitrogens is 2. The van der Waals surface area contributed by atoms with Gasteiger partial charge in [0.15, 0.2) is 0 Å². The fourth-order valence-electron chi connectivity index (χ4n) is 2.29. The number of halogens is 2. The molecule has 1 atom stereocenters. The highest BCUT2D eigenvalue weighted by Crippen LogP contribution is 2.22. The molecule has 25 heavy (non-hydrogen) atoms. The van der Waals surface area contributed by atoms with E-state index in [-0.39, 0.29) is 12.4 Å². The Balaban J connectivity index is 1.60. The van der Waals surface area contributed by atoms with Crippen LogP contribution in [0.3, 0.4) is 0 Å². The summed E-state index contributed by atoms with van der Waals surface area (Å²) in [5.74, 6) is 0.641. The lowest BCUT2D eigenvalue weighted by Crippen LogP contribution is -2.10. The van der Waals surface area contributed by atoms with E-state index >= 15 is 0 Å². The minimum atomic E-state index is -2.87. The molecule has 0 aliphatic rings. The Labute approximate surface area is 143 Å². The molecule has 1 heterocycles. The molecule has 5 nitrogen and oxygen atoms in total. The molecule has 0 bridgehead atoms. The normalized spacial score (nSPS) is 12.2. The van der Waals surface area contributed by atoms with Gasteiger partial charge in [-0.25, -0.2) is 4.98 Å². The van der Waals surface area contributed by atoms with E-state index in [4.69, 9.17) is 4.74 Å². The van der Waals surface area contributed by atoms with Gasteiger partial charge in [0.05, 0.1) is 12.0 Å². The van der Waals surface area contributed by atoms with Crippen LogP contribution in [0.5, 0.6) is 11.5 Å². The van der Waals surface area contributed by atoms with Crippen molar-refractivity contribution in [1.29, 1.82) is 0 Å². The highest BCUT2D eigenvalue weighted by molar-refractivity contribution is 5.39. The number of hydrogen-bond acceptors (Lipinski definition) is 4. The van der Waals surface area contributed by atoms with Crippen LogP contribution in [0.2, 0.25) is 0 Å². The third-order valence-electron chi connectivity index (χ3n) is 3.52. The Morgan fingerprint density at radius 2 is 1.88 bits per heavy atom. The molecule has 0 amide bonds. The molecule has 0 aliphatic carbocycles. The quantitative estimate of drug-likeness (QED) is 0.710. The molecule has 0 radical (unpaired) electrons. The van der Waals surface area contributed by atoms with Crippen LogP contribution in [0.25, 0.3) is 5.69 Å². The monoisotopic (exact) mass is 346 g/mol. The van der Waals surface area contributed by atoms with Crippen molar-refractivity contribution in [3.05, 3.63) is 72.8 Å². The third-order valence-corrected chi connectivity index (χ3v) is 3.52. The van der Waals surface area contributed by atoms with Crippen LogP contribution in [0.4, 0.5) is 8.78 Å². The van der Waals surface area contributed by atoms with E-state index in [9.17, 15) is 13.9 Å². The summed E-state index contributed by atoms with van der Waals surface area (Å²) in [5, 5.41) is 10.2. The zero-order chi connectivity index (χ0) is 17.6. The first kappa shape index (κ1) is 16.9. The van der Waals surface area contributed by atoms with Gasteiger partial charge in [-0.2, -0.15) is 8.78 Å². The molecule has 7 heteroatoms. The number of hydrogen-bond donors (Lipinski definition) is 1. The lowest BCUT2D eigenvalue weighted by Gasteiger charge is -2.14. The first-order valence-electron chi connectivity index (χ1n) is 7.56. The van der Waals surface area contributed by atoms with Gasteiger partial charge in [0, 0.05) is 18.5 Å². The van der Waals surface area contributed by atoms with E-state index < -0.39 is 12.7 Å². The Morgan fingerprint density at radius 3 is 2.56 bits per heavy atom. The van der Waals surface area contributed by atoms with Gasteiger partial charge >= 0.3 is 6.61 Å². The molecule has 3 rings (SSSR count). The smallest absolute Gasteiger partial charge is 0.387 e. The van der Waals surface area contributed by atoms with E-state index in [1.807, 2.05) is 29.0 Å². The van der Waals surface area contributed by atoms with Gasteiger partial charge < -0.3 is 19.1 Å². The van der Waals surface area contributed by atoms with Gasteiger partial charge in [-0.05, 0) is 29.8 Å².